The summed E-state index contributed by atoms with van der Waals surface area (Å²) in [5, 5.41) is 0. The Labute approximate surface area is 107 Å². The number of nitrogens with zero attached hydrogens (tertiary/aromatic N) is 1. The molecule has 0 spiro atoms. The first-order valence-electron chi connectivity index (χ1n) is 6.32. The zero-order chi connectivity index (χ0) is 12.9. The molecule has 2 heteroatoms. The molecule has 0 radical (unpaired) electrons. The van der Waals surface area contributed by atoms with Crippen LogP contribution in [-0.2, 0) is 0 Å². The van der Waals surface area contributed by atoms with E-state index < -0.39 is 8.07 Å². The first-order chi connectivity index (χ1) is 7.79. The van der Waals surface area contributed by atoms with Crippen LogP contribution in [-0.4, -0.2) is 39.4 Å². The number of hydrogen-bond donors (Lipinski definition) is 0. The monoisotopic (exact) mass is 248 g/mol. The molecule has 0 N–H and O–H groups in total. The quantitative estimate of drug-likeness (QED) is 0.551. The van der Waals surface area contributed by atoms with Crippen molar-refractivity contribution in [3.05, 3.63) is 42.0 Å². The van der Waals surface area contributed by atoms with E-state index in [0.29, 0.717) is 0 Å². The van der Waals surface area contributed by atoms with Crippen LogP contribution in [0.5, 0.6) is 0 Å². The van der Waals surface area contributed by atoms with Crippen LogP contribution in [0.3, 0.4) is 0 Å². The van der Waals surface area contributed by atoms with Crippen LogP contribution >= 0.6 is 0 Å². The van der Waals surface area contributed by atoms with Gasteiger partial charge in [-0.1, -0.05) is 56.0 Å². The van der Waals surface area contributed by atoms with Gasteiger partial charge < -0.3 is 4.48 Å². The highest BCUT2D eigenvalue weighted by molar-refractivity contribution is 6.75. The molecule has 0 atom stereocenters. The molecule has 0 heterocycles. The predicted octanol–water partition coefficient (Wildman–Crippen LogP) is 3.65. The highest BCUT2D eigenvalue weighted by Crippen LogP contribution is 2.09. The molecule has 0 aliphatic rings. The Hall–Kier alpha value is -0.863. The minimum absolute atomic E-state index is 0.984. The molecule has 1 nitrogen and oxygen atoms in total. The number of quaternary nitrogens is 1. The molecule has 0 bridgehead atoms. The molecule has 0 aliphatic heterocycles. The molecule has 0 fully saturated rings. The molecule has 94 valence electrons. The van der Waals surface area contributed by atoms with Gasteiger partial charge in [0.1, 0.15) is 8.07 Å². The van der Waals surface area contributed by atoms with Crippen LogP contribution in [0.1, 0.15) is 5.56 Å². The third-order valence-electron chi connectivity index (χ3n) is 2.61. The van der Waals surface area contributed by atoms with E-state index in [1.54, 1.807) is 0 Å². The Morgan fingerprint density at radius 2 is 1.65 bits per heavy atom. The van der Waals surface area contributed by atoms with Gasteiger partial charge in [0.25, 0.3) is 0 Å². The minimum Gasteiger partial charge on any atom is -0.329 e. The van der Waals surface area contributed by atoms with Gasteiger partial charge in [0.2, 0.25) is 0 Å². The zero-order valence-corrected chi connectivity index (χ0v) is 12.9. The van der Waals surface area contributed by atoms with Crippen molar-refractivity contribution in [2.24, 2.45) is 0 Å². The van der Waals surface area contributed by atoms with Gasteiger partial charge in [-0.25, -0.2) is 0 Å². The molecule has 0 amide bonds. The molecule has 0 saturated heterocycles. The number of benzene rings is 1. The van der Waals surface area contributed by atoms with E-state index in [-0.39, 0.29) is 0 Å². The summed E-state index contributed by atoms with van der Waals surface area (Å²) in [5.41, 5.74) is 1.29. The molecule has 1 aromatic rings. The van der Waals surface area contributed by atoms with Gasteiger partial charge in [0.05, 0.1) is 26.8 Å². The van der Waals surface area contributed by atoms with E-state index in [2.05, 4.69) is 76.2 Å². The minimum atomic E-state index is -0.984. The molecule has 0 aromatic heterocycles. The second-order valence-corrected chi connectivity index (χ2v) is 12.1. The standard InChI is InChI=1S/C15H26NSi/c1-16(2,14-17(3,4)5)13-9-12-15-10-7-6-8-11-15/h6-12H,13-14H2,1-5H3/q+1/b12-9+. The van der Waals surface area contributed by atoms with Gasteiger partial charge in [-0.05, 0) is 11.6 Å². The van der Waals surface area contributed by atoms with Crippen LogP contribution in [0.25, 0.3) is 6.08 Å². The lowest BCUT2D eigenvalue weighted by Crippen LogP contribution is -2.50. The fourth-order valence-electron chi connectivity index (χ4n) is 2.39. The molecule has 0 aliphatic carbocycles. The van der Waals surface area contributed by atoms with E-state index in [9.17, 15) is 0 Å². The summed E-state index contributed by atoms with van der Waals surface area (Å²) >= 11 is 0. The average molecular weight is 248 g/mol. The lowest BCUT2D eigenvalue weighted by atomic mass is 10.2. The Bertz CT molecular complexity index is 360. The van der Waals surface area contributed by atoms with Gasteiger partial charge in [0.15, 0.2) is 0 Å². The summed E-state index contributed by atoms with van der Waals surface area (Å²) < 4.78 is 1.10. The van der Waals surface area contributed by atoms with E-state index in [0.717, 1.165) is 11.0 Å². The summed E-state index contributed by atoms with van der Waals surface area (Å²) in [7, 11) is 3.67. The van der Waals surface area contributed by atoms with Gasteiger partial charge in [-0.15, -0.1) is 0 Å². The summed E-state index contributed by atoms with van der Waals surface area (Å²) in [4.78, 5) is 0. The Morgan fingerprint density at radius 3 is 2.18 bits per heavy atom. The average Bonchev–Trinajstić information content (AvgIpc) is 2.15. The second-order valence-electron chi connectivity index (χ2n) is 6.65. The van der Waals surface area contributed by atoms with Crippen molar-refractivity contribution in [2.75, 3.05) is 26.8 Å². The lowest BCUT2D eigenvalue weighted by molar-refractivity contribution is -0.874. The van der Waals surface area contributed by atoms with Gasteiger partial charge in [-0.3, -0.25) is 0 Å². The van der Waals surface area contributed by atoms with Crippen molar-refractivity contribution in [1.29, 1.82) is 0 Å². The molecular formula is C15H26NSi+. The molecule has 0 saturated carbocycles. The molecule has 1 aromatic carbocycles. The van der Waals surface area contributed by atoms with Crippen LogP contribution in [0.4, 0.5) is 0 Å². The van der Waals surface area contributed by atoms with Crippen LogP contribution in [0.15, 0.2) is 36.4 Å². The first-order valence-corrected chi connectivity index (χ1v) is 10.0. The van der Waals surface area contributed by atoms with E-state index >= 15 is 0 Å². The summed E-state index contributed by atoms with van der Waals surface area (Å²) in [6, 6.07) is 10.5. The Morgan fingerprint density at radius 1 is 1.06 bits per heavy atom. The highest BCUT2D eigenvalue weighted by atomic mass is 28.3. The van der Waals surface area contributed by atoms with Crippen LogP contribution in [0.2, 0.25) is 19.6 Å². The SMILES string of the molecule is C[N+](C)(C/C=C/c1ccccc1)C[Si](C)(C)C. The first kappa shape index (κ1) is 14.2. The summed E-state index contributed by atoms with van der Waals surface area (Å²) in [6.07, 6.45) is 5.85. The lowest BCUT2D eigenvalue weighted by Gasteiger charge is -2.34. The van der Waals surface area contributed by atoms with E-state index in [1.807, 2.05) is 0 Å². The maximum absolute atomic E-state index is 2.44. The smallest absolute Gasteiger partial charge is 0.110 e. The number of rotatable bonds is 5. The molecule has 17 heavy (non-hydrogen) atoms. The van der Waals surface area contributed by atoms with Crippen molar-refractivity contribution in [3.63, 3.8) is 0 Å². The summed E-state index contributed by atoms with van der Waals surface area (Å²) in [5.74, 6) is 0. The fraction of sp³-hybridized carbons (Fsp3) is 0.467. The van der Waals surface area contributed by atoms with Crippen molar-refractivity contribution < 1.29 is 4.48 Å². The van der Waals surface area contributed by atoms with E-state index in [1.165, 1.54) is 11.7 Å². The third-order valence-corrected chi connectivity index (χ3v) is 4.42. The topological polar surface area (TPSA) is 0 Å². The normalized spacial score (nSPS) is 13.2. The van der Waals surface area contributed by atoms with Crippen molar-refractivity contribution >= 4 is 14.1 Å². The van der Waals surface area contributed by atoms with Crippen LogP contribution in [0, 0.1) is 0 Å². The van der Waals surface area contributed by atoms with Crippen molar-refractivity contribution in [2.45, 2.75) is 19.6 Å². The Balaban J connectivity index is 2.53. The van der Waals surface area contributed by atoms with E-state index in [4.69, 9.17) is 0 Å². The molecule has 1 rings (SSSR count). The van der Waals surface area contributed by atoms with Crippen molar-refractivity contribution in [3.8, 4) is 0 Å². The highest BCUT2D eigenvalue weighted by Gasteiger charge is 2.25. The Kier molecular flexibility index (Phi) is 4.72. The zero-order valence-electron chi connectivity index (χ0n) is 11.9. The van der Waals surface area contributed by atoms with Crippen LogP contribution < -0.4 is 0 Å². The van der Waals surface area contributed by atoms with Gasteiger partial charge in [-0.2, -0.15) is 0 Å². The van der Waals surface area contributed by atoms with Crippen molar-refractivity contribution in [1.82, 2.24) is 0 Å². The maximum Gasteiger partial charge on any atom is 0.110 e. The molecule has 0 unspecified atom stereocenters. The second kappa shape index (κ2) is 5.65. The largest absolute Gasteiger partial charge is 0.329 e. The number of hydrogen-bond acceptors (Lipinski definition) is 0. The van der Waals surface area contributed by atoms with Gasteiger partial charge >= 0.3 is 0 Å². The maximum atomic E-state index is 2.44. The summed E-state index contributed by atoms with van der Waals surface area (Å²) in [6.45, 7) is 8.43. The third kappa shape index (κ3) is 6.44. The predicted molar refractivity (Wildman–Crippen MR) is 80.7 cm³/mol. The number of likely N-dealkylation sites (N-methyl/N-ethyl adjacent to an activating group) is 1. The fourth-order valence-corrected chi connectivity index (χ4v) is 5.08. The molecular weight excluding hydrogens is 222 g/mol. The van der Waals surface area contributed by atoms with Gasteiger partial charge in [0, 0.05) is 0 Å².